The van der Waals surface area contributed by atoms with Crippen LogP contribution in [0.1, 0.15) is 36.1 Å². The van der Waals surface area contributed by atoms with Crippen LogP contribution in [0.3, 0.4) is 0 Å². The fourth-order valence-electron chi connectivity index (χ4n) is 5.53. The van der Waals surface area contributed by atoms with Gasteiger partial charge in [0, 0.05) is 11.0 Å². The number of hydrogen-bond donors (Lipinski definition) is 0. The zero-order valence-corrected chi connectivity index (χ0v) is 21.7. The molecule has 1 heterocycles. The molecule has 0 spiro atoms. The fourth-order valence-corrected chi connectivity index (χ4v) is 6.64. The topological polar surface area (TPSA) is 9.23 Å². The number of fused-ring (bicyclic) bond motifs is 6. The van der Waals surface area contributed by atoms with Crippen molar-refractivity contribution >= 4 is 23.9 Å². The third-order valence-corrected chi connectivity index (χ3v) is 8.72. The molecular formula is C35H26OS. The monoisotopic (exact) mass is 494 g/mol. The van der Waals surface area contributed by atoms with Crippen molar-refractivity contribution in [1.29, 1.82) is 0 Å². The second-order valence-electron chi connectivity index (χ2n) is 10.2. The summed E-state index contributed by atoms with van der Waals surface area (Å²) in [6.07, 6.45) is 4.33. The van der Waals surface area contributed by atoms with Crippen molar-refractivity contribution in [3.8, 4) is 33.8 Å². The van der Waals surface area contributed by atoms with Crippen molar-refractivity contribution in [1.82, 2.24) is 0 Å². The minimum Gasteiger partial charge on any atom is -0.455 e. The van der Waals surface area contributed by atoms with Crippen LogP contribution < -0.4 is 4.74 Å². The SMILES string of the molecule is CC1(C)c2cc(-c3ccc(/C=C/c4ccccc4)cc3)ccc2-c2c1ccc1c2Sc2ccccc2O1. The van der Waals surface area contributed by atoms with Gasteiger partial charge >= 0.3 is 0 Å². The van der Waals surface area contributed by atoms with E-state index < -0.39 is 0 Å². The van der Waals surface area contributed by atoms with Crippen molar-refractivity contribution in [3.05, 3.63) is 131 Å². The van der Waals surface area contributed by atoms with Gasteiger partial charge in [-0.3, -0.25) is 0 Å². The molecule has 1 nitrogen and oxygen atoms in total. The van der Waals surface area contributed by atoms with Crippen LogP contribution in [0, 0.1) is 0 Å². The number of rotatable bonds is 3. The first-order valence-electron chi connectivity index (χ1n) is 12.7. The Bertz CT molecular complexity index is 1680. The lowest BCUT2D eigenvalue weighted by atomic mass is 9.81. The number of benzene rings is 5. The third-order valence-electron chi connectivity index (χ3n) is 7.55. The first-order valence-corrected chi connectivity index (χ1v) is 13.5. The van der Waals surface area contributed by atoms with Gasteiger partial charge in [0.2, 0.25) is 0 Å². The van der Waals surface area contributed by atoms with Crippen molar-refractivity contribution in [2.45, 2.75) is 29.1 Å². The van der Waals surface area contributed by atoms with E-state index in [0.29, 0.717) is 0 Å². The Morgan fingerprint density at radius 2 is 1.32 bits per heavy atom. The van der Waals surface area contributed by atoms with Gasteiger partial charge in [0.05, 0.1) is 9.79 Å². The Balaban J connectivity index is 1.24. The van der Waals surface area contributed by atoms with Crippen LogP contribution in [-0.4, -0.2) is 0 Å². The highest BCUT2D eigenvalue weighted by Gasteiger charge is 2.39. The first-order chi connectivity index (χ1) is 18.1. The summed E-state index contributed by atoms with van der Waals surface area (Å²) in [6.45, 7) is 4.68. The van der Waals surface area contributed by atoms with E-state index in [4.69, 9.17) is 4.74 Å². The molecule has 0 N–H and O–H groups in total. The van der Waals surface area contributed by atoms with Gasteiger partial charge in [-0.1, -0.05) is 123 Å². The van der Waals surface area contributed by atoms with Gasteiger partial charge in [-0.2, -0.15) is 0 Å². The van der Waals surface area contributed by atoms with Gasteiger partial charge in [0.15, 0.2) is 0 Å². The summed E-state index contributed by atoms with van der Waals surface area (Å²) >= 11 is 1.83. The second kappa shape index (κ2) is 8.54. The summed E-state index contributed by atoms with van der Waals surface area (Å²) < 4.78 is 6.31. The number of para-hydroxylation sites is 1. The molecule has 5 aromatic rings. The van der Waals surface area contributed by atoms with E-state index in [1.807, 2.05) is 30.0 Å². The summed E-state index contributed by atoms with van der Waals surface area (Å²) in [7, 11) is 0. The first kappa shape index (κ1) is 22.2. The molecule has 37 heavy (non-hydrogen) atoms. The Kier molecular flexibility index (Phi) is 5.12. The van der Waals surface area contributed by atoms with Crippen LogP contribution in [0.15, 0.2) is 119 Å². The molecule has 5 aromatic carbocycles. The molecule has 7 rings (SSSR count). The van der Waals surface area contributed by atoms with E-state index in [1.165, 1.54) is 54.3 Å². The van der Waals surface area contributed by atoms with Gasteiger partial charge in [-0.05, 0) is 63.2 Å². The second-order valence-corrected chi connectivity index (χ2v) is 11.3. The van der Waals surface area contributed by atoms with Crippen LogP contribution in [0.25, 0.3) is 34.4 Å². The summed E-state index contributed by atoms with van der Waals surface area (Å²) in [4.78, 5) is 2.40. The number of hydrogen-bond acceptors (Lipinski definition) is 2. The average Bonchev–Trinajstić information content (AvgIpc) is 3.18. The highest BCUT2D eigenvalue weighted by molar-refractivity contribution is 7.99. The van der Waals surface area contributed by atoms with Crippen molar-refractivity contribution in [3.63, 3.8) is 0 Å². The van der Waals surface area contributed by atoms with E-state index in [1.54, 1.807) is 0 Å². The van der Waals surface area contributed by atoms with Crippen LogP contribution in [-0.2, 0) is 5.41 Å². The molecule has 0 atom stereocenters. The van der Waals surface area contributed by atoms with E-state index in [-0.39, 0.29) is 5.41 Å². The van der Waals surface area contributed by atoms with Crippen molar-refractivity contribution in [2.75, 3.05) is 0 Å². The Morgan fingerprint density at radius 3 is 2.14 bits per heavy atom. The molecule has 2 aliphatic rings. The highest BCUT2D eigenvalue weighted by atomic mass is 32.2. The molecule has 2 heteroatoms. The molecule has 0 aromatic heterocycles. The maximum absolute atomic E-state index is 6.31. The van der Waals surface area contributed by atoms with Crippen molar-refractivity contribution in [2.24, 2.45) is 0 Å². The molecule has 0 radical (unpaired) electrons. The molecule has 1 aliphatic carbocycles. The Hall–Kier alpha value is -4.01. The fraction of sp³-hybridized carbons (Fsp3) is 0.0857. The van der Waals surface area contributed by atoms with E-state index in [0.717, 1.165) is 11.5 Å². The highest BCUT2D eigenvalue weighted by Crippen LogP contribution is 2.58. The van der Waals surface area contributed by atoms with Crippen molar-refractivity contribution < 1.29 is 4.74 Å². The van der Waals surface area contributed by atoms with Crippen LogP contribution in [0.2, 0.25) is 0 Å². The molecule has 0 saturated heterocycles. The van der Waals surface area contributed by atoms with Gasteiger partial charge < -0.3 is 4.74 Å². The predicted octanol–water partition coefficient (Wildman–Crippen LogP) is 10.1. The minimum absolute atomic E-state index is 0.0778. The molecule has 0 fully saturated rings. The van der Waals surface area contributed by atoms with Crippen LogP contribution in [0.5, 0.6) is 11.5 Å². The van der Waals surface area contributed by atoms with E-state index in [2.05, 4.69) is 117 Å². The number of ether oxygens (including phenoxy) is 1. The normalized spacial score (nSPS) is 14.4. The van der Waals surface area contributed by atoms with Crippen LogP contribution >= 0.6 is 11.8 Å². The predicted molar refractivity (Wildman–Crippen MR) is 155 cm³/mol. The average molecular weight is 495 g/mol. The zero-order valence-electron chi connectivity index (χ0n) is 20.9. The maximum Gasteiger partial charge on any atom is 0.142 e. The summed E-state index contributed by atoms with van der Waals surface area (Å²) in [5.41, 5.74) is 10.2. The van der Waals surface area contributed by atoms with E-state index in [9.17, 15) is 0 Å². The van der Waals surface area contributed by atoms with Gasteiger partial charge in [0.25, 0.3) is 0 Å². The maximum atomic E-state index is 6.31. The quantitative estimate of drug-likeness (QED) is 0.226. The lowest BCUT2D eigenvalue weighted by Crippen LogP contribution is -2.15. The van der Waals surface area contributed by atoms with Crippen LogP contribution in [0.4, 0.5) is 0 Å². The minimum atomic E-state index is -0.0778. The Labute approximate surface area is 222 Å². The zero-order chi connectivity index (χ0) is 25.0. The molecule has 178 valence electrons. The Morgan fingerprint density at radius 1 is 0.622 bits per heavy atom. The third kappa shape index (κ3) is 3.72. The summed E-state index contributed by atoms with van der Waals surface area (Å²) in [6, 6.07) is 38.9. The molecular weight excluding hydrogens is 468 g/mol. The summed E-state index contributed by atoms with van der Waals surface area (Å²) in [5, 5.41) is 0. The smallest absolute Gasteiger partial charge is 0.142 e. The van der Waals surface area contributed by atoms with E-state index >= 15 is 0 Å². The molecule has 0 bridgehead atoms. The molecule has 0 amide bonds. The molecule has 0 unspecified atom stereocenters. The standard InChI is InChI=1S/C35H26OS/c1-35(2)28-20-21-31-34(37-32-11-7-6-10-30(32)36-31)33(28)27-19-18-26(22-29(27)35)25-16-14-24(15-17-25)13-12-23-8-4-3-5-9-23/h3-22H,1-2H3/b13-12+. The van der Waals surface area contributed by atoms with Gasteiger partial charge in [0.1, 0.15) is 11.5 Å². The lowest BCUT2D eigenvalue weighted by Gasteiger charge is -2.24. The summed E-state index contributed by atoms with van der Waals surface area (Å²) in [5.74, 6) is 1.89. The molecule has 0 saturated carbocycles. The molecule has 1 aliphatic heterocycles. The van der Waals surface area contributed by atoms with Gasteiger partial charge in [-0.15, -0.1) is 0 Å². The van der Waals surface area contributed by atoms with Gasteiger partial charge in [-0.25, -0.2) is 0 Å². The lowest BCUT2D eigenvalue weighted by molar-refractivity contribution is 0.454. The largest absolute Gasteiger partial charge is 0.455 e.